The molecule has 3 amide bonds. The van der Waals surface area contributed by atoms with Crippen LogP contribution in [0.3, 0.4) is 0 Å². The van der Waals surface area contributed by atoms with E-state index < -0.39 is 23.7 Å². The summed E-state index contributed by atoms with van der Waals surface area (Å²) >= 11 is 0. The number of nitrogens with zero attached hydrogens (tertiary/aromatic N) is 3. The number of hydrogen-bond donors (Lipinski definition) is 3. The van der Waals surface area contributed by atoms with E-state index in [1.807, 2.05) is 6.92 Å². The second-order valence-corrected chi connectivity index (χ2v) is 8.32. The van der Waals surface area contributed by atoms with Crippen LogP contribution in [0.5, 0.6) is 0 Å². The molecule has 2 heterocycles. The number of hydroxylamine groups is 2. The van der Waals surface area contributed by atoms with E-state index in [-0.39, 0.29) is 30.1 Å². The van der Waals surface area contributed by atoms with Crippen LogP contribution in [0.4, 0.5) is 10.2 Å². The lowest BCUT2D eigenvalue weighted by molar-refractivity contribution is -0.894. The SMILES string of the molecule is CCCC[C@H](CN(O)C=O)C(=O)N1CC2(CC2)C[C@H]1C(=O)Nc1ccc(F)c[n+]1O. The molecule has 10 heteroatoms. The lowest BCUT2D eigenvalue weighted by atomic mass is 9.99. The molecule has 30 heavy (non-hydrogen) atoms. The number of rotatable bonds is 9. The normalized spacial score (nSPS) is 20.1. The molecular weight excluding hydrogens is 395 g/mol. The second-order valence-electron chi connectivity index (χ2n) is 8.32. The zero-order chi connectivity index (χ0) is 21.9. The monoisotopic (exact) mass is 423 g/mol. The average Bonchev–Trinajstić information content (AvgIpc) is 3.36. The fourth-order valence-corrected chi connectivity index (χ4v) is 4.08. The lowest BCUT2D eigenvalue weighted by Crippen LogP contribution is -2.48. The summed E-state index contributed by atoms with van der Waals surface area (Å²) in [5.41, 5.74) is -0.0749. The number of anilines is 1. The zero-order valence-electron chi connectivity index (χ0n) is 17.0. The third kappa shape index (κ3) is 4.86. The highest BCUT2D eigenvalue weighted by Crippen LogP contribution is 2.55. The van der Waals surface area contributed by atoms with Crippen molar-refractivity contribution in [3.63, 3.8) is 0 Å². The first-order valence-corrected chi connectivity index (χ1v) is 10.2. The van der Waals surface area contributed by atoms with Crippen molar-refractivity contribution in [1.82, 2.24) is 9.96 Å². The minimum Gasteiger partial charge on any atom is -0.350 e. The van der Waals surface area contributed by atoms with Gasteiger partial charge in [0.05, 0.1) is 12.5 Å². The molecule has 164 valence electrons. The topological polar surface area (TPSA) is 114 Å². The van der Waals surface area contributed by atoms with Gasteiger partial charge in [-0.25, -0.2) is 19.6 Å². The molecule has 0 aromatic carbocycles. The van der Waals surface area contributed by atoms with Gasteiger partial charge in [0.1, 0.15) is 6.04 Å². The van der Waals surface area contributed by atoms with Gasteiger partial charge in [0.2, 0.25) is 12.3 Å². The third-order valence-electron chi connectivity index (χ3n) is 5.98. The van der Waals surface area contributed by atoms with Crippen LogP contribution in [0.2, 0.25) is 0 Å². The van der Waals surface area contributed by atoms with E-state index in [1.54, 1.807) is 0 Å². The number of aromatic nitrogens is 1. The maximum absolute atomic E-state index is 13.3. The fraction of sp³-hybridized carbons (Fsp3) is 0.600. The van der Waals surface area contributed by atoms with E-state index in [0.717, 1.165) is 37.9 Å². The Hall–Kier alpha value is -2.75. The highest BCUT2D eigenvalue weighted by molar-refractivity contribution is 5.97. The van der Waals surface area contributed by atoms with Crippen molar-refractivity contribution in [3.05, 3.63) is 24.1 Å². The van der Waals surface area contributed by atoms with E-state index in [1.165, 1.54) is 11.0 Å². The molecule has 1 saturated carbocycles. The fourth-order valence-electron chi connectivity index (χ4n) is 4.08. The van der Waals surface area contributed by atoms with Crippen molar-refractivity contribution >= 4 is 24.0 Å². The number of hydrogen-bond acceptors (Lipinski definition) is 5. The molecule has 1 aliphatic heterocycles. The number of carbonyl (C=O) groups excluding carboxylic acids is 3. The molecule has 2 aliphatic rings. The third-order valence-corrected chi connectivity index (χ3v) is 5.98. The van der Waals surface area contributed by atoms with Crippen molar-refractivity contribution in [1.29, 1.82) is 0 Å². The molecule has 1 aromatic rings. The molecule has 0 unspecified atom stereocenters. The number of halogens is 1. The van der Waals surface area contributed by atoms with Crippen LogP contribution in [-0.4, -0.2) is 57.7 Å². The van der Waals surface area contributed by atoms with E-state index in [9.17, 15) is 29.2 Å². The van der Waals surface area contributed by atoms with Crippen LogP contribution in [0.1, 0.15) is 45.4 Å². The van der Waals surface area contributed by atoms with E-state index in [0.29, 0.717) is 29.2 Å². The van der Waals surface area contributed by atoms with Crippen LogP contribution in [-0.2, 0) is 14.4 Å². The average molecular weight is 423 g/mol. The quantitative estimate of drug-likeness (QED) is 0.182. The van der Waals surface area contributed by atoms with Gasteiger partial charge in [-0.3, -0.25) is 14.8 Å². The number of nitrogens with one attached hydrogen (secondary N) is 1. The van der Waals surface area contributed by atoms with Crippen LogP contribution >= 0.6 is 0 Å². The zero-order valence-corrected chi connectivity index (χ0v) is 17.0. The first kappa shape index (κ1) is 21.9. The number of pyridine rings is 1. The summed E-state index contributed by atoms with van der Waals surface area (Å²) in [6.07, 6.45) is 5.54. The number of unbranched alkanes of at least 4 members (excludes halogenated alkanes) is 1. The molecule has 3 rings (SSSR count). The van der Waals surface area contributed by atoms with Crippen molar-refractivity contribution in [2.24, 2.45) is 11.3 Å². The van der Waals surface area contributed by atoms with Crippen LogP contribution in [0.15, 0.2) is 18.3 Å². The minimum absolute atomic E-state index is 0.00410. The van der Waals surface area contributed by atoms with Gasteiger partial charge >= 0.3 is 11.7 Å². The van der Waals surface area contributed by atoms with Gasteiger partial charge in [0.25, 0.3) is 0 Å². The maximum atomic E-state index is 13.3. The van der Waals surface area contributed by atoms with Crippen molar-refractivity contribution in [3.8, 4) is 0 Å². The number of amides is 3. The maximum Gasteiger partial charge on any atom is 0.330 e. The van der Waals surface area contributed by atoms with Gasteiger partial charge in [-0.1, -0.05) is 19.8 Å². The van der Waals surface area contributed by atoms with Crippen molar-refractivity contribution in [2.75, 3.05) is 18.4 Å². The Morgan fingerprint density at radius 1 is 1.47 bits per heavy atom. The van der Waals surface area contributed by atoms with Gasteiger partial charge in [0.15, 0.2) is 12.0 Å². The van der Waals surface area contributed by atoms with Crippen LogP contribution in [0.25, 0.3) is 0 Å². The van der Waals surface area contributed by atoms with Gasteiger partial charge in [-0.2, -0.15) is 0 Å². The Morgan fingerprint density at radius 3 is 2.80 bits per heavy atom. The first-order valence-electron chi connectivity index (χ1n) is 10.2. The molecule has 2 fully saturated rings. The predicted octanol–water partition coefficient (Wildman–Crippen LogP) is 1.32. The Morgan fingerprint density at radius 2 is 2.20 bits per heavy atom. The molecule has 1 aromatic heterocycles. The van der Waals surface area contributed by atoms with E-state index in [4.69, 9.17) is 0 Å². The summed E-state index contributed by atoms with van der Waals surface area (Å²) in [6.45, 7) is 2.30. The molecule has 1 saturated heterocycles. The Bertz CT molecular complexity index is 816. The largest absolute Gasteiger partial charge is 0.350 e. The van der Waals surface area contributed by atoms with E-state index >= 15 is 0 Å². The molecule has 0 radical (unpaired) electrons. The van der Waals surface area contributed by atoms with Gasteiger partial charge in [-0.15, -0.1) is 0 Å². The van der Waals surface area contributed by atoms with Gasteiger partial charge in [-0.05, 0) is 41.9 Å². The number of carbonyl (C=O) groups is 3. The molecule has 0 bridgehead atoms. The summed E-state index contributed by atoms with van der Waals surface area (Å²) in [5, 5.41) is 22.4. The summed E-state index contributed by atoms with van der Waals surface area (Å²) in [5.74, 6) is -2.02. The second kappa shape index (κ2) is 8.95. The molecular formula is C20H28FN4O5+. The number of likely N-dealkylation sites (tertiary alicyclic amines) is 1. The summed E-state index contributed by atoms with van der Waals surface area (Å²) in [4.78, 5) is 38.6. The summed E-state index contributed by atoms with van der Waals surface area (Å²) in [6, 6.07) is 1.61. The molecule has 1 aliphatic carbocycles. The van der Waals surface area contributed by atoms with Crippen molar-refractivity contribution in [2.45, 2.75) is 51.5 Å². The standard InChI is InChI=1S/C20H27FN4O5/c1-2-3-4-14(10-23(29)13-26)19(28)24-12-20(7-8-20)9-16(24)18(27)22-17-6-5-15(21)11-25(17)30/h5-6,11,13-14,16,29-30H,2-4,7-10,12H2,1H3/p+1/t14-,16+/m1/s1. The summed E-state index contributed by atoms with van der Waals surface area (Å²) in [7, 11) is 0. The van der Waals surface area contributed by atoms with Gasteiger partial charge < -0.3 is 10.1 Å². The molecule has 1 spiro atoms. The smallest absolute Gasteiger partial charge is 0.330 e. The molecule has 3 N–H and O–H groups in total. The van der Waals surface area contributed by atoms with E-state index in [2.05, 4.69) is 5.32 Å². The van der Waals surface area contributed by atoms with Gasteiger partial charge in [0, 0.05) is 12.6 Å². The Labute approximate surface area is 174 Å². The Kier molecular flexibility index (Phi) is 6.55. The predicted molar refractivity (Wildman–Crippen MR) is 102 cm³/mol. The van der Waals surface area contributed by atoms with Crippen LogP contribution < -0.4 is 10.0 Å². The molecule has 2 atom stereocenters. The highest BCUT2D eigenvalue weighted by atomic mass is 19.1. The van der Waals surface area contributed by atoms with Crippen molar-refractivity contribution < 1.29 is 33.9 Å². The minimum atomic E-state index is -0.738. The lowest BCUT2D eigenvalue weighted by Gasteiger charge is -2.28. The molecule has 9 nitrogen and oxygen atoms in total. The highest BCUT2D eigenvalue weighted by Gasteiger charge is 2.56. The Balaban J connectivity index is 1.77. The first-order chi connectivity index (χ1) is 14.3. The summed E-state index contributed by atoms with van der Waals surface area (Å²) < 4.78 is 13.7. The van der Waals surface area contributed by atoms with Crippen LogP contribution in [0, 0.1) is 17.2 Å².